The molecule has 1 atom stereocenters. The van der Waals surface area contributed by atoms with Crippen LogP contribution in [0.25, 0.3) is 119 Å². The molecule has 104 heavy (non-hydrogen) atoms. The Kier molecular flexibility index (Phi) is 16.9. The maximum Gasteiger partial charge on any atom is 0.0462 e. The molecule has 0 fully saturated rings. The number of anilines is 6. The van der Waals surface area contributed by atoms with Gasteiger partial charge in [0.2, 0.25) is 0 Å². The Morgan fingerprint density at radius 2 is 0.567 bits per heavy atom. The monoisotopic (exact) mass is 1320 g/mol. The van der Waals surface area contributed by atoms with E-state index in [1.807, 2.05) is 0 Å². The highest BCUT2D eigenvalue weighted by atomic mass is 15.1. The van der Waals surface area contributed by atoms with Gasteiger partial charge in [-0.25, -0.2) is 0 Å². The Balaban J connectivity index is 0.657. The molecule has 0 saturated heterocycles. The minimum absolute atomic E-state index is 0.0871. The van der Waals surface area contributed by atoms with Gasteiger partial charge in [-0.2, -0.15) is 0 Å². The van der Waals surface area contributed by atoms with Crippen LogP contribution in [0.4, 0.5) is 34.1 Å². The Bertz CT molecular complexity index is 5850. The lowest BCUT2D eigenvalue weighted by Crippen LogP contribution is -2.15. The predicted molar refractivity (Wildman–Crippen MR) is 448 cm³/mol. The van der Waals surface area contributed by atoms with Crippen LogP contribution in [-0.2, 0) is 6.42 Å². The molecular formula is C102H72N2. The first-order valence-electron chi connectivity index (χ1n) is 36.0. The van der Waals surface area contributed by atoms with Crippen molar-refractivity contribution in [1.82, 2.24) is 0 Å². The zero-order valence-corrected chi connectivity index (χ0v) is 57.5. The van der Waals surface area contributed by atoms with E-state index < -0.39 is 0 Å². The average molecular weight is 1330 g/mol. The molecule has 0 saturated carbocycles. The lowest BCUT2D eigenvalue weighted by molar-refractivity contribution is 0.956. The second-order valence-corrected chi connectivity index (χ2v) is 27.1. The molecule has 1 unspecified atom stereocenters. The Labute approximate surface area is 608 Å². The van der Waals surface area contributed by atoms with Gasteiger partial charge in [0, 0.05) is 40.0 Å². The van der Waals surface area contributed by atoms with Crippen LogP contribution in [0.15, 0.2) is 376 Å². The number of nitrogens with zero attached hydrogens (tertiary/aromatic N) is 2. The fourth-order valence-corrected chi connectivity index (χ4v) is 15.6. The lowest BCUT2D eigenvalue weighted by atomic mass is 9.72. The Morgan fingerprint density at radius 3 is 0.933 bits per heavy atom. The molecule has 2 aliphatic rings. The highest BCUT2D eigenvalue weighted by molar-refractivity contribution is 6.03. The highest BCUT2D eigenvalue weighted by Crippen LogP contribution is 2.49. The number of hydrogen-bond donors (Lipinski definition) is 0. The average Bonchev–Trinajstić information content (AvgIpc) is 0.730. The molecule has 0 amide bonds. The molecule has 490 valence electrons. The Hall–Kier alpha value is -13.4. The summed E-state index contributed by atoms with van der Waals surface area (Å²) in [4.78, 5) is 4.76. The molecule has 16 aromatic carbocycles. The molecular weight excluding hydrogens is 1250 g/mol. The van der Waals surface area contributed by atoms with E-state index in [4.69, 9.17) is 0 Å². The zero-order chi connectivity index (χ0) is 69.1. The van der Waals surface area contributed by atoms with Gasteiger partial charge in [0.15, 0.2) is 0 Å². The first-order valence-corrected chi connectivity index (χ1v) is 36.0. The third-order valence-corrected chi connectivity index (χ3v) is 20.9. The van der Waals surface area contributed by atoms with Crippen molar-refractivity contribution >= 4 is 142 Å². The molecule has 2 nitrogen and oxygen atoms in total. The number of fused-ring (bicyclic) bond motifs is 9. The normalized spacial score (nSPS) is 13.6. The summed E-state index contributed by atoms with van der Waals surface area (Å²) < 4.78 is 0. The van der Waals surface area contributed by atoms with E-state index in [9.17, 15) is 0 Å². The fraction of sp³-hybridized carbons (Fsp3) is 0.0196. The molecule has 0 heterocycles. The summed E-state index contributed by atoms with van der Waals surface area (Å²) in [5, 5.41) is 12.5. The van der Waals surface area contributed by atoms with Crippen molar-refractivity contribution in [2.75, 3.05) is 9.80 Å². The van der Waals surface area contributed by atoms with Crippen molar-refractivity contribution in [3.8, 4) is 11.1 Å². The minimum atomic E-state index is 0.0871. The minimum Gasteiger partial charge on any atom is -0.311 e. The second-order valence-electron chi connectivity index (χ2n) is 27.1. The molecule has 0 aromatic heterocycles. The first kappa shape index (κ1) is 62.8. The molecule has 2 heteroatoms. The summed E-state index contributed by atoms with van der Waals surface area (Å²) in [6.45, 7) is 0. The van der Waals surface area contributed by atoms with Crippen LogP contribution in [0.1, 0.15) is 67.1 Å². The van der Waals surface area contributed by atoms with E-state index in [1.165, 1.54) is 115 Å². The fourth-order valence-electron chi connectivity index (χ4n) is 15.6. The van der Waals surface area contributed by atoms with Gasteiger partial charge in [-0.3, -0.25) is 0 Å². The van der Waals surface area contributed by atoms with Gasteiger partial charge in [-0.15, -0.1) is 0 Å². The largest absolute Gasteiger partial charge is 0.311 e. The van der Waals surface area contributed by atoms with Crippen molar-refractivity contribution in [3.05, 3.63) is 437 Å². The Morgan fingerprint density at radius 1 is 0.260 bits per heavy atom. The molecule has 0 spiro atoms. The van der Waals surface area contributed by atoms with E-state index in [2.05, 4.69) is 428 Å². The summed E-state index contributed by atoms with van der Waals surface area (Å²) >= 11 is 0. The quantitative estimate of drug-likeness (QED) is 0.0890. The smallest absolute Gasteiger partial charge is 0.0462 e. The van der Waals surface area contributed by atoms with Gasteiger partial charge in [0.25, 0.3) is 0 Å². The maximum atomic E-state index is 2.50. The van der Waals surface area contributed by atoms with Crippen LogP contribution in [0, 0.1) is 0 Å². The standard InChI is InChI=1S/C102H72N2/c1-5-29-91-75(17-1)21-13-25-79(91)49-37-71-41-57-85(58-42-71)103(86-59-43-72(44-60-86)38-50-80-26-14-22-76-18-2-6-30-92(76)80)89-65-53-83(54-66-89)99-69-101-98-36-12-10-34-96(98)100(70-102(101)97-35-11-9-33-95(97)99)84-55-67-90(68-56-84)104(87-61-45-73(46-62-87)39-51-81-27-15-23-77-19-3-7-31-93(77)81)88-63-47-74(48-64-88)40-52-82-28-16-24-78-20-4-8-32-94(78)82/h1-69,98H,70H2. The van der Waals surface area contributed by atoms with Crippen LogP contribution in [0.5, 0.6) is 0 Å². The third-order valence-electron chi connectivity index (χ3n) is 20.9. The second kappa shape index (κ2) is 28.0. The van der Waals surface area contributed by atoms with Crippen molar-refractivity contribution in [2.24, 2.45) is 0 Å². The van der Waals surface area contributed by atoms with Gasteiger partial charge in [-0.05, 0) is 223 Å². The maximum absolute atomic E-state index is 2.50. The van der Waals surface area contributed by atoms with Gasteiger partial charge in [-0.1, -0.05) is 340 Å². The lowest BCUT2D eigenvalue weighted by Gasteiger charge is -2.32. The van der Waals surface area contributed by atoms with Gasteiger partial charge in [0.1, 0.15) is 0 Å². The SMILES string of the molecule is C1=CC2=C(c3ccc(N(c4ccc(C=Cc5cccc6ccccc56)cc4)c4ccc(C=Cc5cccc6ccccc56)cc4)cc3)Cc3c(cc(-c4ccc(N(c5ccc(C=Cc6cccc7ccccc67)cc5)c5ccc(C=Cc6cccc7ccccc67)cc5)cc4)c4ccccc34)C2C=C1. The topological polar surface area (TPSA) is 6.48 Å². The summed E-state index contributed by atoms with van der Waals surface area (Å²) in [6, 6.07) is 126. The van der Waals surface area contributed by atoms with Crippen LogP contribution in [0.2, 0.25) is 0 Å². The zero-order valence-electron chi connectivity index (χ0n) is 57.5. The van der Waals surface area contributed by atoms with Crippen LogP contribution in [0.3, 0.4) is 0 Å². The summed E-state index contributed by atoms with van der Waals surface area (Å²) in [6.07, 6.45) is 27.8. The van der Waals surface area contributed by atoms with E-state index in [-0.39, 0.29) is 5.92 Å². The molecule has 16 aromatic rings. The van der Waals surface area contributed by atoms with E-state index in [0.29, 0.717) is 0 Å². The summed E-state index contributed by atoms with van der Waals surface area (Å²) in [7, 11) is 0. The number of benzene rings is 16. The molecule has 0 aliphatic heterocycles. The number of rotatable bonds is 16. The number of hydrogen-bond acceptors (Lipinski definition) is 2. The van der Waals surface area contributed by atoms with Gasteiger partial charge < -0.3 is 9.80 Å². The van der Waals surface area contributed by atoms with Crippen LogP contribution in [-0.4, -0.2) is 0 Å². The molecule has 0 radical (unpaired) electrons. The van der Waals surface area contributed by atoms with Crippen molar-refractivity contribution in [1.29, 1.82) is 0 Å². The number of allylic oxidation sites excluding steroid dienone is 6. The molecule has 18 rings (SSSR count). The van der Waals surface area contributed by atoms with Crippen molar-refractivity contribution < 1.29 is 0 Å². The van der Waals surface area contributed by atoms with Crippen molar-refractivity contribution in [3.63, 3.8) is 0 Å². The third kappa shape index (κ3) is 12.6. The molecule has 0 bridgehead atoms. The van der Waals surface area contributed by atoms with Crippen molar-refractivity contribution in [2.45, 2.75) is 12.3 Å². The molecule has 2 aliphatic carbocycles. The van der Waals surface area contributed by atoms with E-state index in [1.54, 1.807) is 0 Å². The predicted octanol–water partition coefficient (Wildman–Crippen LogP) is 28.0. The summed E-state index contributed by atoms with van der Waals surface area (Å²) in [5.74, 6) is 0.0871. The van der Waals surface area contributed by atoms with E-state index in [0.717, 1.165) is 62.8 Å². The van der Waals surface area contributed by atoms with Crippen LogP contribution >= 0.6 is 0 Å². The van der Waals surface area contributed by atoms with E-state index >= 15 is 0 Å². The van der Waals surface area contributed by atoms with Crippen LogP contribution < -0.4 is 9.80 Å². The summed E-state index contributed by atoms with van der Waals surface area (Å²) in [5.41, 5.74) is 25.0. The van der Waals surface area contributed by atoms with Gasteiger partial charge in [0.05, 0.1) is 0 Å². The highest BCUT2D eigenvalue weighted by Gasteiger charge is 2.30. The van der Waals surface area contributed by atoms with Gasteiger partial charge >= 0.3 is 0 Å². The molecule has 0 N–H and O–H groups in total. The first-order chi connectivity index (χ1) is 51.5.